The van der Waals surface area contributed by atoms with Crippen molar-refractivity contribution in [1.29, 1.82) is 5.26 Å². The van der Waals surface area contributed by atoms with E-state index in [4.69, 9.17) is 5.26 Å². The highest BCUT2D eigenvalue weighted by atomic mass is 32.1. The molecule has 1 atom stereocenters. The number of aryl methyl sites for hydroxylation is 1. The van der Waals surface area contributed by atoms with Crippen molar-refractivity contribution in [3.05, 3.63) is 20.9 Å². The van der Waals surface area contributed by atoms with Crippen LogP contribution in [0.4, 0.5) is 0 Å². The van der Waals surface area contributed by atoms with Crippen LogP contribution < -0.4 is 0 Å². The molecule has 16 heavy (non-hydrogen) atoms. The van der Waals surface area contributed by atoms with Crippen molar-refractivity contribution in [2.45, 2.75) is 47.0 Å². The number of rotatable bonds is 0. The normalized spacial score (nSPS) is 20.3. The summed E-state index contributed by atoms with van der Waals surface area (Å²) in [4.78, 5) is 2.68. The van der Waals surface area contributed by atoms with Crippen LogP contribution in [0.2, 0.25) is 0 Å². The average Bonchev–Trinajstić information content (AvgIpc) is 2.50. The molecule has 1 heterocycles. The number of nitriles is 1. The van der Waals surface area contributed by atoms with Gasteiger partial charge in [0.05, 0.1) is 5.56 Å². The number of fused-ring (bicyclic) bond motifs is 1. The number of hydrogen-bond acceptors (Lipinski definition) is 2. The largest absolute Gasteiger partial charge is 0.192 e. The lowest BCUT2D eigenvalue weighted by Gasteiger charge is -2.33. The molecule has 1 nitrogen and oxygen atoms in total. The summed E-state index contributed by atoms with van der Waals surface area (Å²) in [7, 11) is 0. The lowest BCUT2D eigenvalue weighted by atomic mass is 9.72. The van der Waals surface area contributed by atoms with Crippen molar-refractivity contribution < 1.29 is 0 Å². The van der Waals surface area contributed by atoms with Gasteiger partial charge in [-0.15, -0.1) is 11.3 Å². The van der Waals surface area contributed by atoms with E-state index in [1.54, 1.807) is 0 Å². The second kappa shape index (κ2) is 3.89. The quantitative estimate of drug-likeness (QED) is 0.662. The van der Waals surface area contributed by atoms with Gasteiger partial charge in [-0.3, -0.25) is 0 Å². The second-order valence-electron chi connectivity index (χ2n) is 5.85. The lowest BCUT2D eigenvalue weighted by Crippen LogP contribution is -2.26. The molecule has 1 aromatic heterocycles. The van der Waals surface area contributed by atoms with Crippen molar-refractivity contribution in [3.8, 4) is 6.07 Å². The van der Waals surface area contributed by atoms with E-state index in [0.717, 1.165) is 17.9 Å². The third-order valence-corrected chi connectivity index (χ3v) is 4.95. The van der Waals surface area contributed by atoms with Crippen molar-refractivity contribution in [1.82, 2.24) is 0 Å². The Hall–Kier alpha value is -0.810. The fourth-order valence-electron chi connectivity index (χ4n) is 2.61. The van der Waals surface area contributed by atoms with E-state index < -0.39 is 0 Å². The van der Waals surface area contributed by atoms with Crippen LogP contribution in [0.1, 0.15) is 48.1 Å². The summed E-state index contributed by atoms with van der Waals surface area (Å²) < 4.78 is 0. The summed E-state index contributed by atoms with van der Waals surface area (Å²) in [6, 6.07) is 2.37. The third kappa shape index (κ3) is 1.89. The molecule has 0 saturated carbocycles. The highest BCUT2D eigenvalue weighted by Gasteiger charge is 2.31. The van der Waals surface area contributed by atoms with E-state index in [9.17, 15) is 0 Å². The van der Waals surface area contributed by atoms with Crippen LogP contribution in [0.25, 0.3) is 0 Å². The van der Waals surface area contributed by atoms with E-state index in [2.05, 4.69) is 33.8 Å². The number of hydrogen-bond donors (Lipinski definition) is 0. The van der Waals surface area contributed by atoms with Gasteiger partial charge in [-0.1, -0.05) is 20.8 Å². The maximum Gasteiger partial charge on any atom is 0.101 e. The molecule has 0 aromatic carbocycles. The molecule has 1 aromatic rings. The Bertz CT molecular complexity index is 443. The Morgan fingerprint density at radius 1 is 1.38 bits per heavy atom. The molecule has 0 spiro atoms. The molecule has 0 fully saturated rings. The molecule has 0 amide bonds. The predicted octanol–water partition coefficient (Wildman–Crippen LogP) is 4.08. The van der Waals surface area contributed by atoms with E-state index >= 15 is 0 Å². The summed E-state index contributed by atoms with van der Waals surface area (Å²) in [5.41, 5.74) is 2.71. The van der Waals surface area contributed by atoms with Crippen LogP contribution in [0, 0.1) is 29.6 Å². The molecule has 1 unspecified atom stereocenters. The standard InChI is InChI=1S/C14H19NS/c1-9-12(8-15)11-6-5-10(14(2,3)4)7-13(11)16-9/h10H,5-7H2,1-4H3. The zero-order valence-corrected chi connectivity index (χ0v) is 11.4. The van der Waals surface area contributed by atoms with Crippen LogP contribution in [0.3, 0.4) is 0 Å². The maximum absolute atomic E-state index is 9.15. The maximum atomic E-state index is 9.15. The summed E-state index contributed by atoms with van der Waals surface area (Å²) in [5, 5.41) is 9.15. The van der Waals surface area contributed by atoms with E-state index in [-0.39, 0.29) is 0 Å². The summed E-state index contributed by atoms with van der Waals surface area (Å²) in [5.74, 6) is 0.768. The minimum atomic E-state index is 0.391. The highest BCUT2D eigenvalue weighted by molar-refractivity contribution is 7.12. The molecule has 0 radical (unpaired) electrons. The van der Waals surface area contributed by atoms with Crippen LogP contribution in [0.5, 0.6) is 0 Å². The fraction of sp³-hybridized carbons (Fsp3) is 0.643. The van der Waals surface area contributed by atoms with Gasteiger partial charge in [0.15, 0.2) is 0 Å². The summed E-state index contributed by atoms with van der Waals surface area (Å²) in [6.45, 7) is 9.06. The molecule has 0 bridgehead atoms. The minimum absolute atomic E-state index is 0.391. The Morgan fingerprint density at radius 2 is 2.06 bits per heavy atom. The first kappa shape index (κ1) is 11.7. The van der Waals surface area contributed by atoms with Gasteiger partial charge < -0.3 is 0 Å². The second-order valence-corrected chi connectivity index (χ2v) is 7.16. The third-order valence-electron chi connectivity index (χ3n) is 3.78. The molecular formula is C14H19NS. The van der Waals surface area contributed by atoms with Gasteiger partial charge in [0.2, 0.25) is 0 Å². The van der Waals surface area contributed by atoms with Crippen molar-refractivity contribution >= 4 is 11.3 Å². The van der Waals surface area contributed by atoms with Gasteiger partial charge in [0.25, 0.3) is 0 Å². The zero-order valence-electron chi connectivity index (χ0n) is 10.6. The van der Waals surface area contributed by atoms with Crippen molar-refractivity contribution in [2.75, 3.05) is 0 Å². The highest BCUT2D eigenvalue weighted by Crippen LogP contribution is 2.41. The predicted molar refractivity (Wildman–Crippen MR) is 68.7 cm³/mol. The SMILES string of the molecule is Cc1sc2c(c1C#N)CCC(C(C)(C)C)C2. The Balaban J connectivity index is 2.33. The first-order valence-corrected chi connectivity index (χ1v) is 6.76. The number of thiophene rings is 1. The first-order chi connectivity index (χ1) is 7.43. The Kier molecular flexibility index (Phi) is 2.84. The molecule has 0 aliphatic heterocycles. The van der Waals surface area contributed by atoms with Crippen LogP contribution in [-0.4, -0.2) is 0 Å². The van der Waals surface area contributed by atoms with E-state index in [1.807, 2.05) is 11.3 Å². The van der Waals surface area contributed by atoms with Gasteiger partial charge in [-0.05, 0) is 43.1 Å². The molecule has 2 heteroatoms. The monoisotopic (exact) mass is 233 g/mol. The Labute approximate surface area is 102 Å². The average molecular weight is 233 g/mol. The van der Waals surface area contributed by atoms with Crippen molar-refractivity contribution in [3.63, 3.8) is 0 Å². The van der Waals surface area contributed by atoms with Crippen LogP contribution in [-0.2, 0) is 12.8 Å². The molecular weight excluding hydrogens is 214 g/mol. The summed E-state index contributed by atoms with van der Waals surface area (Å²) in [6.07, 6.45) is 3.51. The summed E-state index contributed by atoms with van der Waals surface area (Å²) >= 11 is 1.84. The first-order valence-electron chi connectivity index (χ1n) is 5.94. The van der Waals surface area contributed by atoms with E-state index in [1.165, 1.54) is 28.2 Å². The van der Waals surface area contributed by atoms with E-state index in [0.29, 0.717) is 5.41 Å². The van der Waals surface area contributed by atoms with Crippen molar-refractivity contribution in [2.24, 2.45) is 11.3 Å². The molecule has 2 rings (SSSR count). The van der Waals surface area contributed by atoms with Gasteiger partial charge in [-0.2, -0.15) is 5.26 Å². The molecule has 1 aliphatic rings. The van der Waals surface area contributed by atoms with Crippen LogP contribution >= 0.6 is 11.3 Å². The molecule has 1 aliphatic carbocycles. The number of nitrogens with zero attached hydrogens (tertiary/aromatic N) is 1. The molecule has 0 saturated heterocycles. The fourth-order valence-corrected chi connectivity index (χ4v) is 3.86. The Morgan fingerprint density at radius 3 is 2.62 bits per heavy atom. The topological polar surface area (TPSA) is 23.8 Å². The molecule has 86 valence electrons. The van der Waals surface area contributed by atoms with Gasteiger partial charge in [-0.25, -0.2) is 0 Å². The van der Waals surface area contributed by atoms with Gasteiger partial charge in [0, 0.05) is 9.75 Å². The zero-order chi connectivity index (χ0) is 11.9. The lowest BCUT2D eigenvalue weighted by molar-refractivity contribution is 0.218. The van der Waals surface area contributed by atoms with Crippen LogP contribution in [0.15, 0.2) is 0 Å². The van der Waals surface area contributed by atoms with Gasteiger partial charge >= 0.3 is 0 Å². The smallest absolute Gasteiger partial charge is 0.101 e. The minimum Gasteiger partial charge on any atom is -0.192 e. The van der Waals surface area contributed by atoms with Gasteiger partial charge in [0.1, 0.15) is 6.07 Å². The molecule has 0 N–H and O–H groups in total.